The molecule has 0 saturated heterocycles. The van der Waals surface area contributed by atoms with Crippen LogP contribution < -0.4 is 0 Å². The highest BCUT2D eigenvalue weighted by Crippen LogP contribution is 2.21. The van der Waals surface area contributed by atoms with Crippen LogP contribution in [0.25, 0.3) is 10.8 Å². The highest BCUT2D eigenvalue weighted by Gasteiger charge is 2.21. The second-order valence-corrected chi connectivity index (χ2v) is 4.37. The predicted molar refractivity (Wildman–Crippen MR) is 83.0 cm³/mol. The van der Waals surface area contributed by atoms with E-state index in [-0.39, 0.29) is 0 Å². The number of nitrogens with zero attached hydrogens (tertiary/aromatic N) is 2. The quantitative estimate of drug-likeness (QED) is 0.803. The molecule has 3 nitrogen and oxygen atoms in total. The Bertz CT molecular complexity index is 769. The summed E-state index contributed by atoms with van der Waals surface area (Å²) in [6.07, 6.45) is 3.31. The summed E-state index contributed by atoms with van der Waals surface area (Å²) < 4.78 is 5.74. The fourth-order valence-corrected chi connectivity index (χ4v) is 2.14. The third-order valence-electron chi connectivity index (χ3n) is 3.11. The summed E-state index contributed by atoms with van der Waals surface area (Å²) in [5.41, 5.74) is 0.942. The maximum absolute atomic E-state index is 5.74. The SMILES string of the molecule is C=CN=C1N=C(c2ccc3ccccc3c2)O/C1=C/C. The van der Waals surface area contributed by atoms with Crippen LogP contribution in [-0.2, 0) is 4.74 Å². The minimum atomic E-state index is 0.561. The Morgan fingerprint density at radius 2 is 1.95 bits per heavy atom. The van der Waals surface area contributed by atoms with Gasteiger partial charge in [-0.2, -0.15) is 4.99 Å². The summed E-state index contributed by atoms with van der Waals surface area (Å²) >= 11 is 0. The molecule has 0 atom stereocenters. The first kappa shape index (κ1) is 12.4. The number of aliphatic imine (C=N–C) groups is 2. The van der Waals surface area contributed by atoms with E-state index in [1.807, 2.05) is 31.2 Å². The van der Waals surface area contributed by atoms with Crippen molar-refractivity contribution in [3.63, 3.8) is 0 Å². The van der Waals surface area contributed by atoms with Crippen LogP contribution in [0.1, 0.15) is 12.5 Å². The van der Waals surface area contributed by atoms with Crippen molar-refractivity contribution < 1.29 is 4.74 Å². The number of ether oxygens (including phenoxy) is 1. The van der Waals surface area contributed by atoms with E-state index in [0.717, 1.165) is 10.9 Å². The molecule has 20 heavy (non-hydrogen) atoms. The Balaban J connectivity index is 2.05. The van der Waals surface area contributed by atoms with Crippen LogP contribution in [0.4, 0.5) is 0 Å². The van der Waals surface area contributed by atoms with Crippen molar-refractivity contribution in [3.05, 3.63) is 72.6 Å². The molecule has 1 aliphatic rings. The molecule has 3 heteroatoms. The smallest absolute Gasteiger partial charge is 0.228 e. The molecule has 0 aromatic heterocycles. The zero-order valence-electron chi connectivity index (χ0n) is 11.2. The van der Waals surface area contributed by atoms with Crippen LogP contribution in [0.2, 0.25) is 0 Å². The predicted octanol–water partition coefficient (Wildman–Crippen LogP) is 4.06. The number of allylic oxidation sites excluding steroid dienone is 1. The standard InChI is InChI=1S/C17H14N2O/c1-3-15-16(18-4-2)19-17(20-15)14-10-9-12-7-5-6-8-13(12)11-14/h3-11H,2H2,1H3/b15-3+,18-16?. The monoisotopic (exact) mass is 262 g/mol. The fraction of sp³-hybridized carbons (Fsp3) is 0.0588. The zero-order valence-corrected chi connectivity index (χ0v) is 11.2. The van der Waals surface area contributed by atoms with Crippen molar-refractivity contribution >= 4 is 22.5 Å². The molecule has 3 rings (SSSR count). The van der Waals surface area contributed by atoms with E-state index in [1.54, 1.807) is 0 Å². The number of hydrogen-bond acceptors (Lipinski definition) is 2. The van der Waals surface area contributed by atoms with Gasteiger partial charge in [-0.3, -0.25) is 0 Å². The van der Waals surface area contributed by atoms with E-state index in [1.165, 1.54) is 11.6 Å². The lowest BCUT2D eigenvalue weighted by Crippen LogP contribution is -2.00. The molecule has 2 aromatic carbocycles. The molecule has 0 saturated carbocycles. The lowest BCUT2D eigenvalue weighted by atomic mass is 10.1. The van der Waals surface area contributed by atoms with Crippen molar-refractivity contribution in [2.45, 2.75) is 6.92 Å². The first-order valence-electron chi connectivity index (χ1n) is 6.43. The molecule has 0 amide bonds. The van der Waals surface area contributed by atoms with Crippen molar-refractivity contribution in [2.24, 2.45) is 9.98 Å². The topological polar surface area (TPSA) is 34.0 Å². The fourth-order valence-electron chi connectivity index (χ4n) is 2.14. The Morgan fingerprint density at radius 3 is 2.70 bits per heavy atom. The summed E-state index contributed by atoms with van der Waals surface area (Å²) in [5.74, 6) is 1.79. The molecule has 0 radical (unpaired) electrons. The summed E-state index contributed by atoms with van der Waals surface area (Å²) in [5, 5.41) is 2.36. The minimum Gasteiger partial charge on any atom is -0.435 e. The Hall–Kier alpha value is -2.68. The number of rotatable bonds is 2. The maximum Gasteiger partial charge on any atom is 0.228 e. The highest BCUT2D eigenvalue weighted by molar-refractivity contribution is 6.15. The van der Waals surface area contributed by atoms with Gasteiger partial charge in [-0.1, -0.05) is 36.9 Å². The van der Waals surface area contributed by atoms with Crippen molar-refractivity contribution in [1.29, 1.82) is 0 Å². The maximum atomic E-state index is 5.74. The van der Waals surface area contributed by atoms with Gasteiger partial charge in [0.2, 0.25) is 5.90 Å². The molecular formula is C17H14N2O. The molecule has 1 aliphatic heterocycles. The van der Waals surface area contributed by atoms with Crippen molar-refractivity contribution in [3.8, 4) is 0 Å². The van der Waals surface area contributed by atoms with Gasteiger partial charge in [0.1, 0.15) is 0 Å². The van der Waals surface area contributed by atoms with Crippen molar-refractivity contribution in [1.82, 2.24) is 0 Å². The Morgan fingerprint density at radius 1 is 1.15 bits per heavy atom. The molecule has 98 valence electrons. The van der Waals surface area contributed by atoms with Crippen LogP contribution in [-0.4, -0.2) is 11.7 Å². The lowest BCUT2D eigenvalue weighted by molar-refractivity contribution is 0.460. The summed E-state index contributed by atoms with van der Waals surface area (Å²) in [7, 11) is 0. The average Bonchev–Trinajstić information content (AvgIpc) is 2.90. The number of amidine groups is 1. The van der Waals surface area contributed by atoms with E-state index in [2.05, 4.69) is 40.8 Å². The largest absolute Gasteiger partial charge is 0.435 e. The van der Waals surface area contributed by atoms with Crippen LogP contribution >= 0.6 is 0 Å². The molecular weight excluding hydrogens is 248 g/mol. The second-order valence-electron chi connectivity index (χ2n) is 4.37. The van der Waals surface area contributed by atoms with Gasteiger partial charge in [0.05, 0.1) is 0 Å². The van der Waals surface area contributed by atoms with E-state index in [9.17, 15) is 0 Å². The van der Waals surface area contributed by atoms with Crippen LogP contribution in [0, 0.1) is 0 Å². The molecule has 2 aromatic rings. The molecule has 0 unspecified atom stereocenters. The van der Waals surface area contributed by atoms with Gasteiger partial charge in [-0.15, -0.1) is 0 Å². The van der Waals surface area contributed by atoms with Crippen molar-refractivity contribution in [2.75, 3.05) is 0 Å². The van der Waals surface area contributed by atoms with Gasteiger partial charge in [0.15, 0.2) is 11.6 Å². The van der Waals surface area contributed by atoms with Gasteiger partial charge in [0, 0.05) is 11.8 Å². The van der Waals surface area contributed by atoms with E-state index in [4.69, 9.17) is 4.74 Å². The van der Waals surface area contributed by atoms with Gasteiger partial charge in [0.25, 0.3) is 0 Å². The molecule has 0 spiro atoms. The van der Waals surface area contributed by atoms with Gasteiger partial charge in [-0.25, -0.2) is 4.99 Å². The molecule has 0 bridgehead atoms. The third kappa shape index (κ3) is 2.14. The number of fused-ring (bicyclic) bond motifs is 1. The van der Waals surface area contributed by atoms with Gasteiger partial charge >= 0.3 is 0 Å². The minimum absolute atomic E-state index is 0.561. The highest BCUT2D eigenvalue weighted by atomic mass is 16.5. The Labute approximate surface area is 117 Å². The summed E-state index contributed by atoms with van der Waals surface area (Å²) in [6, 6.07) is 14.3. The third-order valence-corrected chi connectivity index (χ3v) is 3.11. The number of benzene rings is 2. The summed E-state index contributed by atoms with van der Waals surface area (Å²) in [4.78, 5) is 8.53. The van der Waals surface area contributed by atoms with E-state index in [0.29, 0.717) is 17.5 Å². The Kier molecular flexibility index (Phi) is 3.17. The molecule has 1 heterocycles. The van der Waals surface area contributed by atoms with Gasteiger partial charge < -0.3 is 4.74 Å². The van der Waals surface area contributed by atoms with Crippen LogP contribution in [0.3, 0.4) is 0 Å². The average molecular weight is 262 g/mol. The first-order chi connectivity index (χ1) is 9.81. The van der Waals surface area contributed by atoms with Crippen LogP contribution in [0.5, 0.6) is 0 Å². The lowest BCUT2D eigenvalue weighted by Gasteiger charge is -2.03. The summed E-state index contributed by atoms with van der Waals surface area (Å²) in [6.45, 7) is 5.49. The van der Waals surface area contributed by atoms with Gasteiger partial charge in [-0.05, 0) is 35.9 Å². The first-order valence-corrected chi connectivity index (χ1v) is 6.43. The number of hydrogen-bond donors (Lipinski definition) is 0. The van der Waals surface area contributed by atoms with E-state index < -0.39 is 0 Å². The van der Waals surface area contributed by atoms with Crippen LogP contribution in [0.15, 0.2) is 77.1 Å². The normalized spacial score (nSPS) is 18.4. The molecule has 0 aliphatic carbocycles. The second kappa shape index (κ2) is 5.13. The van der Waals surface area contributed by atoms with E-state index >= 15 is 0 Å². The zero-order chi connectivity index (χ0) is 13.9. The molecule has 0 N–H and O–H groups in total. The molecule has 0 fully saturated rings.